The average Bonchev–Trinajstić information content (AvgIpc) is 1.95. The molecule has 0 saturated carbocycles. The molecular weight excluding hydrogens is 126 g/mol. The van der Waals surface area contributed by atoms with Crippen molar-refractivity contribution in [3.8, 4) is 0 Å². The van der Waals surface area contributed by atoms with Crippen molar-refractivity contribution in [2.45, 2.75) is 13.3 Å². The number of nitrogens with zero attached hydrogens (tertiary/aromatic N) is 1. The molecule has 0 unspecified atom stereocenters. The maximum atomic E-state index is 10.4. The molecule has 0 aromatic rings. The maximum Gasteiger partial charge on any atom is 0.166 e. The fraction of sp³-hybridized carbons (Fsp3) is 0.375. The molecular formula is C8H11NO. The molecule has 2 nitrogen and oxygen atoms in total. The van der Waals surface area contributed by atoms with Crippen molar-refractivity contribution >= 4 is 6.29 Å². The molecule has 0 N–H and O–H groups in total. The van der Waals surface area contributed by atoms with Crippen LogP contribution in [0.2, 0.25) is 0 Å². The van der Waals surface area contributed by atoms with E-state index in [0.29, 0.717) is 0 Å². The number of aldehydes is 1. The van der Waals surface area contributed by atoms with Crippen molar-refractivity contribution in [1.29, 1.82) is 0 Å². The van der Waals surface area contributed by atoms with Gasteiger partial charge >= 0.3 is 0 Å². The first-order chi connectivity index (χ1) is 4.75. The van der Waals surface area contributed by atoms with Crippen LogP contribution in [0.25, 0.3) is 0 Å². The lowest BCUT2D eigenvalue weighted by Crippen LogP contribution is -2.18. The summed E-state index contributed by atoms with van der Waals surface area (Å²) in [7, 11) is 1.89. The smallest absolute Gasteiger partial charge is 0.166 e. The van der Waals surface area contributed by atoms with Crippen molar-refractivity contribution < 1.29 is 4.79 Å². The summed E-state index contributed by atoms with van der Waals surface area (Å²) in [6.07, 6.45) is 5.77. The van der Waals surface area contributed by atoms with E-state index in [9.17, 15) is 4.79 Å². The largest absolute Gasteiger partial charge is 0.346 e. The third-order valence-electron chi connectivity index (χ3n) is 1.78. The SMILES string of the molecule is CC1=CCC=C(C=O)N1C. The van der Waals surface area contributed by atoms with Gasteiger partial charge in [0, 0.05) is 12.7 Å². The van der Waals surface area contributed by atoms with Gasteiger partial charge in [-0.1, -0.05) is 12.2 Å². The van der Waals surface area contributed by atoms with Gasteiger partial charge in [-0.3, -0.25) is 4.79 Å². The van der Waals surface area contributed by atoms with Crippen LogP contribution in [-0.2, 0) is 4.79 Å². The summed E-state index contributed by atoms with van der Waals surface area (Å²) in [6.45, 7) is 2.00. The third kappa shape index (κ3) is 1.10. The van der Waals surface area contributed by atoms with Crippen LogP contribution in [0.5, 0.6) is 0 Å². The quantitative estimate of drug-likeness (QED) is 0.508. The zero-order chi connectivity index (χ0) is 7.56. The van der Waals surface area contributed by atoms with Crippen LogP contribution < -0.4 is 0 Å². The molecule has 0 saturated heterocycles. The second-order valence-electron chi connectivity index (χ2n) is 2.39. The van der Waals surface area contributed by atoms with Gasteiger partial charge < -0.3 is 4.90 Å². The first-order valence-corrected chi connectivity index (χ1v) is 3.31. The first-order valence-electron chi connectivity index (χ1n) is 3.31. The van der Waals surface area contributed by atoms with E-state index in [4.69, 9.17) is 0 Å². The minimum atomic E-state index is 0.764. The minimum Gasteiger partial charge on any atom is -0.346 e. The van der Waals surface area contributed by atoms with Gasteiger partial charge in [-0.25, -0.2) is 0 Å². The lowest BCUT2D eigenvalue weighted by molar-refractivity contribution is -0.105. The summed E-state index contributed by atoms with van der Waals surface area (Å²) in [4.78, 5) is 12.3. The zero-order valence-electron chi connectivity index (χ0n) is 6.29. The number of hydrogen-bond acceptors (Lipinski definition) is 2. The molecule has 1 aliphatic rings. The Morgan fingerprint density at radius 2 is 2.30 bits per heavy atom. The van der Waals surface area contributed by atoms with Crippen LogP contribution in [0.4, 0.5) is 0 Å². The summed E-state index contributed by atoms with van der Waals surface area (Å²) in [5.74, 6) is 0. The molecule has 10 heavy (non-hydrogen) atoms. The molecule has 2 heteroatoms. The molecule has 0 amide bonds. The van der Waals surface area contributed by atoms with Crippen LogP contribution in [0, 0.1) is 0 Å². The molecule has 0 fully saturated rings. The Labute approximate surface area is 60.8 Å². The van der Waals surface area contributed by atoms with Crippen molar-refractivity contribution in [3.63, 3.8) is 0 Å². The minimum absolute atomic E-state index is 0.764. The molecule has 0 radical (unpaired) electrons. The Hall–Kier alpha value is -1.05. The van der Waals surface area contributed by atoms with Crippen molar-refractivity contribution in [2.24, 2.45) is 0 Å². The highest BCUT2D eigenvalue weighted by atomic mass is 16.1. The Morgan fingerprint density at radius 1 is 1.60 bits per heavy atom. The average molecular weight is 137 g/mol. The van der Waals surface area contributed by atoms with Gasteiger partial charge in [0.25, 0.3) is 0 Å². The van der Waals surface area contributed by atoms with Gasteiger partial charge in [-0.05, 0) is 13.3 Å². The number of allylic oxidation sites excluding steroid dienone is 4. The molecule has 0 aliphatic carbocycles. The molecule has 0 bridgehead atoms. The lowest BCUT2D eigenvalue weighted by Gasteiger charge is -2.22. The van der Waals surface area contributed by atoms with Crippen LogP contribution in [0.15, 0.2) is 23.5 Å². The predicted octanol–water partition coefficient (Wildman–Crippen LogP) is 1.31. The lowest BCUT2D eigenvalue weighted by atomic mass is 10.2. The predicted molar refractivity (Wildman–Crippen MR) is 40.3 cm³/mol. The van der Waals surface area contributed by atoms with Gasteiger partial charge in [0.05, 0.1) is 5.70 Å². The van der Waals surface area contributed by atoms with Gasteiger partial charge in [0.2, 0.25) is 0 Å². The topological polar surface area (TPSA) is 20.3 Å². The normalized spacial score (nSPS) is 18.0. The molecule has 1 rings (SSSR count). The zero-order valence-corrected chi connectivity index (χ0v) is 6.29. The van der Waals surface area contributed by atoms with Crippen LogP contribution in [0.3, 0.4) is 0 Å². The van der Waals surface area contributed by atoms with Crippen molar-refractivity contribution in [2.75, 3.05) is 7.05 Å². The summed E-state index contributed by atoms with van der Waals surface area (Å²) in [5, 5.41) is 0. The number of likely N-dealkylation sites (N-methyl/N-ethyl adjacent to an activating group) is 1. The summed E-state index contributed by atoms with van der Waals surface area (Å²) in [6, 6.07) is 0. The van der Waals surface area contributed by atoms with E-state index in [2.05, 4.69) is 6.08 Å². The molecule has 0 spiro atoms. The Balaban J connectivity index is 2.79. The van der Waals surface area contributed by atoms with E-state index >= 15 is 0 Å². The Bertz CT molecular complexity index is 203. The van der Waals surface area contributed by atoms with E-state index < -0.39 is 0 Å². The van der Waals surface area contributed by atoms with E-state index in [0.717, 1.165) is 24.1 Å². The number of carbonyl (C=O) groups is 1. The summed E-state index contributed by atoms with van der Waals surface area (Å²) < 4.78 is 0. The van der Waals surface area contributed by atoms with E-state index in [1.54, 1.807) is 0 Å². The molecule has 0 atom stereocenters. The van der Waals surface area contributed by atoms with Crippen molar-refractivity contribution in [1.82, 2.24) is 4.90 Å². The second kappa shape index (κ2) is 2.69. The summed E-state index contributed by atoms with van der Waals surface area (Å²) >= 11 is 0. The Kier molecular flexibility index (Phi) is 1.90. The highest BCUT2D eigenvalue weighted by Crippen LogP contribution is 2.14. The highest BCUT2D eigenvalue weighted by Gasteiger charge is 2.07. The van der Waals surface area contributed by atoms with Gasteiger partial charge in [0.1, 0.15) is 0 Å². The number of hydrogen-bond donors (Lipinski definition) is 0. The fourth-order valence-electron chi connectivity index (χ4n) is 0.955. The maximum absolute atomic E-state index is 10.4. The fourth-order valence-corrected chi connectivity index (χ4v) is 0.955. The molecule has 1 heterocycles. The number of carbonyl (C=O) groups excluding carboxylic acids is 1. The van der Waals surface area contributed by atoms with Gasteiger partial charge in [-0.2, -0.15) is 0 Å². The van der Waals surface area contributed by atoms with E-state index in [1.165, 1.54) is 0 Å². The molecule has 1 aliphatic heterocycles. The Morgan fingerprint density at radius 3 is 2.80 bits per heavy atom. The summed E-state index contributed by atoms with van der Waals surface area (Å²) in [5.41, 5.74) is 1.91. The van der Waals surface area contributed by atoms with Gasteiger partial charge in [-0.15, -0.1) is 0 Å². The first kappa shape index (κ1) is 7.06. The highest BCUT2D eigenvalue weighted by molar-refractivity contribution is 5.73. The van der Waals surface area contributed by atoms with Crippen LogP contribution >= 0.6 is 0 Å². The number of rotatable bonds is 1. The molecule has 54 valence electrons. The van der Waals surface area contributed by atoms with E-state index in [-0.39, 0.29) is 0 Å². The molecule has 0 aromatic heterocycles. The van der Waals surface area contributed by atoms with Crippen LogP contribution in [-0.4, -0.2) is 18.2 Å². The standard InChI is InChI=1S/C8H11NO/c1-7-4-3-5-8(6-10)9(7)2/h4-6H,3H2,1-2H3. The monoisotopic (exact) mass is 137 g/mol. The van der Waals surface area contributed by atoms with Gasteiger partial charge in [0.15, 0.2) is 6.29 Å². The van der Waals surface area contributed by atoms with Crippen molar-refractivity contribution in [3.05, 3.63) is 23.5 Å². The second-order valence-corrected chi connectivity index (χ2v) is 2.39. The molecule has 0 aromatic carbocycles. The van der Waals surface area contributed by atoms with E-state index in [1.807, 2.05) is 24.9 Å². The third-order valence-corrected chi connectivity index (χ3v) is 1.78. The van der Waals surface area contributed by atoms with Crippen LogP contribution in [0.1, 0.15) is 13.3 Å².